The minimum atomic E-state index is -0.883. The van der Waals surface area contributed by atoms with E-state index in [4.69, 9.17) is 5.11 Å². The van der Waals surface area contributed by atoms with E-state index in [9.17, 15) is 14.7 Å². The topological polar surface area (TPSA) is 74.6 Å². The van der Waals surface area contributed by atoms with Gasteiger partial charge in [-0.05, 0) is 31.7 Å². The number of carbonyl (C=O) groups excluding carboxylic acids is 1. The monoisotopic (exact) mass is 420 g/mol. The van der Waals surface area contributed by atoms with Crippen LogP contribution in [0.25, 0.3) is 0 Å². The average Bonchev–Trinajstić information content (AvgIpc) is 3.03. The van der Waals surface area contributed by atoms with Gasteiger partial charge in [-0.3, -0.25) is 9.59 Å². The van der Waals surface area contributed by atoms with Gasteiger partial charge in [0.2, 0.25) is 0 Å². The van der Waals surface area contributed by atoms with Crippen LogP contribution in [-0.2, 0) is 15.0 Å². The Labute approximate surface area is 179 Å². The van der Waals surface area contributed by atoms with Crippen LogP contribution in [0.5, 0.6) is 0 Å². The fourth-order valence-corrected chi connectivity index (χ4v) is 5.74. The number of unbranched alkanes of at least 4 members (excludes halogenated alkanes) is 3. The molecule has 3 atom stereocenters. The number of thioether (sulfide) groups is 1. The molecule has 1 fully saturated rings. The minimum Gasteiger partial charge on any atom is -0.481 e. The van der Waals surface area contributed by atoms with Crippen LogP contribution in [0, 0.1) is 5.92 Å². The van der Waals surface area contributed by atoms with Gasteiger partial charge in [0, 0.05) is 35.2 Å². The number of aliphatic carboxylic acids is 1. The van der Waals surface area contributed by atoms with Gasteiger partial charge in [0.05, 0.1) is 5.60 Å². The summed E-state index contributed by atoms with van der Waals surface area (Å²) < 4.78 is 0. The third-order valence-corrected chi connectivity index (χ3v) is 8.33. The van der Waals surface area contributed by atoms with E-state index in [1.54, 1.807) is 11.8 Å². The zero-order chi connectivity index (χ0) is 21.5. The molecule has 4 nitrogen and oxygen atoms in total. The van der Waals surface area contributed by atoms with Gasteiger partial charge in [-0.2, -0.15) is 11.8 Å². The third kappa shape index (κ3) is 6.58. The fraction of sp³-hybridized carbons (Fsp3) is 0.667. The molecule has 0 aliphatic heterocycles. The predicted octanol–water partition coefficient (Wildman–Crippen LogP) is 5.22. The SMILES string of the molecule is CC(O)(CSC1CCC(=O)C1CCCCCCC(=O)O)C(C)(C)c1ccccc1. The van der Waals surface area contributed by atoms with Crippen LogP contribution < -0.4 is 0 Å². The molecule has 162 valence electrons. The first-order chi connectivity index (χ1) is 13.6. The molecule has 3 unspecified atom stereocenters. The van der Waals surface area contributed by atoms with Gasteiger partial charge in [-0.1, -0.05) is 63.4 Å². The van der Waals surface area contributed by atoms with Crippen molar-refractivity contribution >= 4 is 23.5 Å². The van der Waals surface area contributed by atoms with E-state index in [2.05, 4.69) is 26.0 Å². The van der Waals surface area contributed by atoms with Crippen molar-refractivity contribution in [2.75, 3.05) is 5.75 Å². The molecule has 2 N–H and O–H groups in total. The number of carboxylic acid groups (broad SMARTS) is 1. The highest BCUT2D eigenvalue weighted by Gasteiger charge is 2.42. The van der Waals surface area contributed by atoms with Crippen molar-refractivity contribution in [3.8, 4) is 0 Å². The van der Waals surface area contributed by atoms with E-state index >= 15 is 0 Å². The molecular weight excluding hydrogens is 384 g/mol. The molecule has 0 bridgehead atoms. The maximum absolute atomic E-state index is 12.4. The van der Waals surface area contributed by atoms with Gasteiger partial charge in [0.15, 0.2) is 0 Å². The zero-order valence-electron chi connectivity index (χ0n) is 18.0. The highest BCUT2D eigenvalue weighted by atomic mass is 32.2. The van der Waals surface area contributed by atoms with E-state index in [0.717, 1.165) is 37.7 Å². The lowest BCUT2D eigenvalue weighted by Gasteiger charge is -2.41. The fourth-order valence-electron chi connectivity index (χ4n) is 4.03. The van der Waals surface area contributed by atoms with Crippen LogP contribution in [0.3, 0.4) is 0 Å². The first kappa shape index (κ1) is 23.9. The molecule has 29 heavy (non-hydrogen) atoms. The van der Waals surface area contributed by atoms with Crippen LogP contribution in [0.15, 0.2) is 30.3 Å². The first-order valence-electron chi connectivity index (χ1n) is 10.8. The summed E-state index contributed by atoms with van der Waals surface area (Å²) in [4.78, 5) is 23.0. The Morgan fingerprint density at radius 2 is 1.76 bits per heavy atom. The number of carboxylic acids is 1. The molecule has 1 aliphatic rings. The Kier molecular flexibility index (Phi) is 8.77. The Morgan fingerprint density at radius 1 is 1.10 bits per heavy atom. The van der Waals surface area contributed by atoms with Gasteiger partial charge < -0.3 is 10.2 Å². The Balaban J connectivity index is 1.86. The second-order valence-electron chi connectivity index (χ2n) is 9.07. The van der Waals surface area contributed by atoms with Crippen molar-refractivity contribution in [1.29, 1.82) is 0 Å². The molecule has 0 heterocycles. The van der Waals surface area contributed by atoms with Gasteiger partial charge in [-0.15, -0.1) is 0 Å². The number of aliphatic hydroxyl groups is 1. The lowest BCUT2D eigenvalue weighted by molar-refractivity contribution is -0.137. The number of hydrogen-bond acceptors (Lipinski definition) is 4. The van der Waals surface area contributed by atoms with Crippen LogP contribution in [0.4, 0.5) is 0 Å². The van der Waals surface area contributed by atoms with Crippen molar-refractivity contribution < 1.29 is 19.8 Å². The zero-order valence-corrected chi connectivity index (χ0v) is 18.8. The number of hydrogen-bond donors (Lipinski definition) is 2. The summed E-state index contributed by atoms with van der Waals surface area (Å²) in [7, 11) is 0. The second kappa shape index (κ2) is 10.6. The normalized spacial score (nSPS) is 21.9. The summed E-state index contributed by atoms with van der Waals surface area (Å²) >= 11 is 1.75. The maximum Gasteiger partial charge on any atom is 0.303 e. The summed E-state index contributed by atoms with van der Waals surface area (Å²) in [6, 6.07) is 10.1. The lowest BCUT2D eigenvalue weighted by Crippen LogP contribution is -2.47. The summed E-state index contributed by atoms with van der Waals surface area (Å²) in [5.41, 5.74) is -0.152. The lowest BCUT2D eigenvalue weighted by atomic mass is 9.72. The third-order valence-electron chi connectivity index (χ3n) is 6.61. The van der Waals surface area contributed by atoms with Gasteiger partial charge in [-0.25, -0.2) is 0 Å². The molecule has 1 aromatic carbocycles. The maximum atomic E-state index is 12.4. The quantitative estimate of drug-likeness (QED) is 0.453. The van der Waals surface area contributed by atoms with Gasteiger partial charge >= 0.3 is 5.97 Å². The summed E-state index contributed by atoms with van der Waals surface area (Å²) in [6.45, 7) is 6.07. The highest BCUT2D eigenvalue weighted by Crippen LogP contribution is 2.42. The molecule has 0 amide bonds. The van der Waals surface area contributed by atoms with Crippen LogP contribution in [0.2, 0.25) is 0 Å². The van der Waals surface area contributed by atoms with Crippen molar-refractivity contribution in [2.24, 2.45) is 5.92 Å². The molecule has 0 aromatic heterocycles. The van der Waals surface area contributed by atoms with Gasteiger partial charge in [0.25, 0.3) is 0 Å². The molecule has 1 saturated carbocycles. The average molecular weight is 421 g/mol. The van der Waals surface area contributed by atoms with Crippen LogP contribution in [-0.4, -0.2) is 38.6 Å². The smallest absolute Gasteiger partial charge is 0.303 e. The highest BCUT2D eigenvalue weighted by molar-refractivity contribution is 8.00. The molecule has 0 radical (unpaired) electrons. The predicted molar refractivity (Wildman–Crippen MR) is 119 cm³/mol. The summed E-state index contributed by atoms with van der Waals surface area (Å²) in [5, 5.41) is 20.2. The number of benzene rings is 1. The van der Waals surface area contributed by atoms with E-state index in [0.29, 0.717) is 24.4 Å². The number of rotatable bonds is 12. The summed E-state index contributed by atoms with van der Waals surface area (Å²) in [5.74, 6) is 0.296. The van der Waals surface area contributed by atoms with Crippen molar-refractivity contribution in [3.63, 3.8) is 0 Å². The minimum absolute atomic E-state index is 0.0788. The Hall–Kier alpha value is -1.33. The van der Waals surface area contributed by atoms with Crippen molar-refractivity contribution in [1.82, 2.24) is 0 Å². The molecular formula is C24H36O4S. The van der Waals surface area contributed by atoms with Gasteiger partial charge in [0.1, 0.15) is 5.78 Å². The number of Topliss-reactive ketones (excluding diaryl/α,β-unsaturated/α-hetero) is 1. The van der Waals surface area contributed by atoms with E-state index < -0.39 is 11.6 Å². The van der Waals surface area contributed by atoms with E-state index in [-0.39, 0.29) is 23.0 Å². The molecule has 0 saturated heterocycles. The van der Waals surface area contributed by atoms with Crippen molar-refractivity contribution in [2.45, 2.75) is 88.4 Å². The standard InChI is InChI=1S/C24H36O4S/c1-23(2,18-11-7-6-8-12-18)24(3,28)17-29-21-16-15-20(25)19(21)13-9-4-5-10-14-22(26)27/h6-8,11-12,19,21,28H,4-5,9-10,13-17H2,1-3H3,(H,26,27). The Bertz CT molecular complexity index is 669. The van der Waals surface area contributed by atoms with Crippen LogP contribution >= 0.6 is 11.8 Å². The molecule has 1 aliphatic carbocycles. The molecule has 2 rings (SSSR count). The van der Waals surface area contributed by atoms with E-state index in [1.165, 1.54) is 0 Å². The second-order valence-corrected chi connectivity index (χ2v) is 10.3. The van der Waals surface area contributed by atoms with Crippen LogP contribution in [0.1, 0.15) is 77.7 Å². The summed E-state index contributed by atoms with van der Waals surface area (Å²) in [6.07, 6.45) is 6.22. The first-order valence-corrected chi connectivity index (χ1v) is 11.8. The molecule has 5 heteroatoms. The molecule has 0 spiro atoms. The molecule has 1 aromatic rings. The number of carbonyl (C=O) groups is 2. The largest absolute Gasteiger partial charge is 0.481 e. The van der Waals surface area contributed by atoms with E-state index in [1.807, 2.05) is 25.1 Å². The number of ketones is 1. The Morgan fingerprint density at radius 3 is 2.41 bits per heavy atom. The van der Waals surface area contributed by atoms with Crippen molar-refractivity contribution in [3.05, 3.63) is 35.9 Å².